The fourth-order valence-electron chi connectivity index (χ4n) is 2.30. The number of nitrogens with zero attached hydrogens (tertiary/aromatic N) is 2. The molecule has 0 amide bonds. The van der Waals surface area contributed by atoms with Crippen LogP contribution in [0.2, 0.25) is 10.0 Å². The molecule has 3 aromatic rings. The minimum Gasteiger partial charge on any atom is -0.437 e. The van der Waals surface area contributed by atoms with E-state index in [9.17, 15) is 0 Å². The fourth-order valence-corrected chi connectivity index (χ4v) is 2.65. The number of hydrogen-bond donors (Lipinski definition) is 1. The summed E-state index contributed by atoms with van der Waals surface area (Å²) in [6.45, 7) is 3.81. The summed E-state index contributed by atoms with van der Waals surface area (Å²) < 4.78 is 5.97. The summed E-state index contributed by atoms with van der Waals surface area (Å²) in [6.07, 6.45) is 6.52. The number of aromatic nitrogens is 2. The smallest absolute Gasteiger partial charge is 0.230 e. The maximum Gasteiger partial charge on any atom is 0.230 e. The summed E-state index contributed by atoms with van der Waals surface area (Å²) in [6, 6.07) is 12.5. The zero-order chi connectivity index (χ0) is 18.5. The van der Waals surface area contributed by atoms with Gasteiger partial charge in [-0.1, -0.05) is 48.0 Å². The Kier molecular flexibility index (Phi) is 5.56. The predicted molar refractivity (Wildman–Crippen MR) is 108 cm³/mol. The highest BCUT2D eigenvalue weighted by Crippen LogP contribution is 2.33. The van der Waals surface area contributed by atoms with Crippen molar-refractivity contribution >= 4 is 39.7 Å². The van der Waals surface area contributed by atoms with Gasteiger partial charge in [0.05, 0.1) is 15.9 Å². The Morgan fingerprint density at radius 2 is 1.92 bits per heavy atom. The van der Waals surface area contributed by atoms with E-state index in [2.05, 4.69) is 16.5 Å². The van der Waals surface area contributed by atoms with Crippen LogP contribution in [0.25, 0.3) is 16.5 Å². The zero-order valence-electron chi connectivity index (χ0n) is 13.7. The van der Waals surface area contributed by atoms with Gasteiger partial charge >= 0.3 is 0 Å². The number of fused-ring (bicyclic) bond motifs is 1. The van der Waals surface area contributed by atoms with Crippen LogP contribution in [0.15, 0.2) is 73.5 Å². The molecule has 0 radical (unpaired) electrons. The van der Waals surface area contributed by atoms with Gasteiger partial charge in [-0.3, -0.25) is 0 Å². The Bertz CT molecular complexity index is 1030. The van der Waals surface area contributed by atoms with Gasteiger partial charge in [-0.2, -0.15) is 4.98 Å². The number of rotatable bonds is 5. The molecule has 2 N–H and O–H groups in total. The number of allylic oxidation sites excluding steroid dienone is 4. The number of para-hydroxylation sites is 1. The first-order chi connectivity index (χ1) is 12.6. The van der Waals surface area contributed by atoms with Crippen molar-refractivity contribution in [1.29, 1.82) is 0 Å². The average molecular weight is 384 g/mol. The Balaban J connectivity index is 2.20. The van der Waals surface area contributed by atoms with Gasteiger partial charge in [0.15, 0.2) is 5.82 Å². The minimum absolute atomic E-state index is 0.352. The fraction of sp³-hybridized carbons (Fsp3) is 0. The van der Waals surface area contributed by atoms with Gasteiger partial charge in [0.1, 0.15) is 5.75 Å². The maximum atomic E-state index is 6.21. The molecule has 0 saturated heterocycles. The Labute approximate surface area is 161 Å². The summed E-state index contributed by atoms with van der Waals surface area (Å²) in [5.74, 6) is 1.30. The normalized spacial score (nSPS) is 11.8. The zero-order valence-corrected chi connectivity index (χ0v) is 15.2. The topological polar surface area (TPSA) is 61.0 Å². The van der Waals surface area contributed by atoms with Crippen LogP contribution in [0, 0.1) is 0 Å². The van der Waals surface area contributed by atoms with E-state index < -0.39 is 0 Å². The lowest BCUT2D eigenvalue weighted by Gasteiger charge is -2.11. The second-order valence-corrected chi connectivity index (χ2v) is 6.10. The van der Waals surface area contributed by atoms with Crippen LogP contribution in [0.5, 0.6) is 11.6 Å². The van der Waals surface area contributed by atoms with Crippen molar-refractivity contribution in [3.8, 4) is 11.6 Å². The molecule has 0 atom stereocenters. The molecule has 0 aliphatic carbocycles. The van der Waals surface area contributed by atoms with Gasteiger partial charge < -0.3 is 10.5 Å². The summed E-state index contributed by atoms with van der Waals surface area (Å²) in [5, 5.41) is 1.72. The van der Waals surface area contributed by atoms with E-state index in [1.807, 2.05) is 18.2 Å². The molecule has 4 nitrogen and oxygen atoms in total. The Morgan fingerprint density at radius 1 is 1.12 bits per heavy atom. The first kappa shape index (κ1) is 18.0. The van der Waals surface area contributed by atoms with Gasteiger partial charge in [-0.05, 0) is 48.7 Å². The molecule has 0 bridgehead atoms. The van der Waals surface area contributed by atoms with Crippen LogP contribution < -0.4 is 10.5 Å². The molecule has 6 heteroatoms. The molecule has 0 spiro atoms. The third-order valence-corrected chi connectivity index (χ3v) is 4.08. The molecule has 0 unspecified atom stereocenters. The van der Waals surface area contributed by atoms with Crippen molar-refractivity contribution in [1.82, 2.24) is 9.97 Å². The van der Waals surface area contributed by atoms with Crippen LogP contribution in [-0.2, 0) is 0 Å². The first-order valence-electron chi connectivity index (χ1n) is 7.73. The standard InChI is InChI=1S/C20H15Cl2N3O/c1-2-13(6-5-11-23)19-24-17-10-9-14(21)12-15(17)20(25-19)26-18-8-4-3-7-16(18)22/h2-12H,1,23H2/b11-5-,13-6+. The van der Waals surface area contributed by atoms with E-state index in [1.54, 1.807) is 42.5 Å². The second kappa shape index (κ2) is 8.04. The molecular formula is C20H15Cl2N3O. The molecule has 0 aliphatic rings. The molecule has 26 heavy (non-hydrogen) atoms. The molecule has 1 aromatic heterocycles. The first-order valence-corrected chi connectivity index (χ1v) is 8.49. The Morgan fingerprint density at radius 3 is 2.65 bits per heavy atom. The van der Waals surface area contributed by atoms with Crippen LogP contribution >= 0.6 is 23.2 Å². The van der Waals surface area contributed by atoms with E-state index in [-0.39, 0.29) is 0 Å². The summed E-state index contributed by atoms with van der Waals surface area (Å²) in [5.41, 5.74) is 6.80. The molecule has 0 aliphatic heterocycles. The minimum atomic E-state index is 0.352. The maximum absolute atomic E-state index is 6.21. The van der Waals surface area contributed by atoms with Gasteiger partial charge in [-0.15, -0.1) is 0 Å². The molecule has 2 aromatic carbocycles. The lowest BCUT2D eigenvalue weighted by molar-refractivity contribution is 0.468. The van der Waals surface area contributed by atoms with E-state index in [1.165, 1.54) is 6.20 Å². The van der Waals surface area contributed by atoms with Gasteiger partial charge in [0, 0.05) is 10.6 Å². The number of halogens is 2. The third-order valence-electron chi connectivity index (χ3n) is 3.53. The second-order valence-electron chi connectivity index (χ2n) is 5.26. The summed E-state index contributed by atoms with van der Waals surface area (Å²) in [7, 11) is 0. The highest BCUT2D eigenvalue weighted by Gasteiger charge is 2.13. The molecule has 3 rings (SSSR count). The third kappa shape index (κ3) is 3.87. The van der Waals surface area contributed by atoms with Crippen LogP contribution in [0.1, 0.15) is 5.82 Å². The lowest BCUT2D eigenvalue weighted by atomic mass is 10.2. The largest absolute Gasteiger partial charge is 0.437 e. The number of benzene rings is 2. The molecule has 130 valence electrons. The quantitative estimate of drug-likeness (QED) is 0.567. The predicted octanol–water partition coefficient (Wildman–Crippen LogP) is 5.77. The van der Waals surface area contributed by atoms with Crippen LogP contribution in [0.3, 0.4) is 0 Å². The van der Waals surface area contributed by atoms with E-state index in [0.717, 1.165) is 0 Å². The van der Waals surface area contributed by atoms with Crippen LogP contribution in [0.4, 0.5) is 0 Å². The highest BCUT2D eigenvalue weighted by molar-refractivity contribution is 6.32. The number of ether oxygens (including phenoxy) is 1. The highest BCUT2D eigenvalue weighted by atomic mass is 35.5. The monoisotopic (exact) mass is 383 g/mol. The van der Waals surface area contributed by atoms with Crippen LogP contribution in [-0.4, -0.2) is 9.97 Å². The number of nitrogens with two attached hydrogens (primary N) is 1. The van der Waals surface area contributed by atoms with Crippen molar-refractivity contribution in [3.63, 3.8) is 0 Å². The summed E-state index contributed by atoms with van der Waals surface area (Å²) >= 11 is 12.3. The van der Waals surface area contributed by atoms with Crippen molar-refractivity contribution in [2.75, 3.05) is 0 Å². The van der Waals surface area contributed by atoms with E-state index in [4.69, 9.17) is 33.7 Å². The molecule has 1 heterocycles. The van der Waals surface area contributed by atoms with Crippen molar-refractivity contribution in [3.05, 3.63) is 89.3 Å². The van der Waals surface area contributed by atoms with Crippen molar-refractivity contribution in [2.45, 2.75) is 0 Å². The summed E-state index contributed by atoms with van der Waals surface area (Å²) in [4.78, 5) is 9.11. The molecule has 0 saturated carbocycles. The SMILES string of the molecule is C=C/C(=C\C=C/N)c1nc(Oc2ccccc2Cl)c2cc(Cl)ccc2n1. The molecule has 0 fully saturated rings. The lowest BCUT2D eigenvalue weighted by Crippen LogP contribution is -1.98. The van der Waals surface area contributed by atoms with E-state index in [0.29, 0.717) is 44.0 Å². The number of hydrogen-bond acceptors (Lipinski definition) is 4. The van der Waals surface area contributed by atoms with Gasteiger partial charge in [0.2, 0.25) is 5.88 Å². The van der Waals surface area contributed by atoms with Crippen molar-refractivity contribution < 1.29 is 4.74 Å². The van der Waals surface area contributed by atoms with E-state index >= 15 is 0 Å². The molecular weight excluding hydrogens is 369 g/mol. The average Bonchev–Trinajstić information content (AvgIpc) is 2.64. The van der Waals surface area contributed by atoms with Gasteiger partial charge in [-0.25, -0.2) is 4.98 Å². The van der Waals surface area contributed by atoms with Gasteiger partial charge in [0.25, 0.3) is 0 Å². The van der Waals surface area contributed by atoms with Crippen molar-refractivity contribution in [2.24, 2.45) is 5.73 Å². The Hall–Kier alpha value is -2.82.